The number of aromatic nitrogens is 3. The number of nitrogens with zero attached hydrogens (tertiary/aromatic N) is 3. The quantitative estimate of drug-likeness (QED) is 0.671. The van der Waals surface area contributed by atoms with Crippen LogP contribution in [0.4, 0.5) is 5.95 Å². The highest BCUT2D eigenvalue weighted by atomic mass is 32.1. The number of hydrogen-bond donors (Lipinski definition) is 1. The maximum Gasteiger partial charge on any atom is 0.223 e. The van der Waals surface area contributed by atoms with E-state index in [4.69, 9.17) is 9.72 Å². The predicted molar refractivity (Wildman–Crippen MR) is 93.6 cm³/mol. The number of nitrogens with one attached hydrogen (secondary N) is 1. The van der Waals surface area contributed by atoms with Crippen LogP contribution in [-0.2, 0) is 4.74 Å². The van der Waals surface area contributed by atoms with Crippen LogP contribution in [0.5, 0.6) is 0 Å². The Hall–Kier alpha value is -2.31. The zero-order valence-electron chi connectivity index (χ0n) is 12.9. The maximum atomic E-state index is 5.05. The minimum atomic E-state index is 0.641. The lowest BCUT2D eigenvalue weighted by Gasteiger charge is -2.10. The van der Waals surface area contributed by atoms with Crippen LogP contribution in [0.15, 0.2) is 48.2 Å². The third-order valence-corrected chi connectivity index (χ3v) is 4.22. The van der Waals surface area contributed by atoms with Gasteiger partial charge >= 0.3 is 0 Å². The number of thiophene rings is 1. The molecular formula is C17H18N4OS. The molecule has 0 aliphatic heterocycles. The van der Waals surface area contributed by atoms with Gasteiger partial charge in [0, 0.05) is 44.4 Å². The maximum absolute atomic E-state index is 5.05. The average Bonchev–Trinajstić information content (AvgIpc) is 3.14. The average molecular weight is 326 g/mol. The molecule has 3 aromatic heterocycles. The van der Waals surface area contributed by atoms with Crippen molar-refractivity contribution >= 4 is 17.3 Å². The summed E-state index contributed by atoms with van der Waals surface area (Å²) in [5.74, 6) is 0.641. The van der Waals surface area contributed by atoms with Crippen LogP contribution < -0.4 is 5.32 Å². The summed E-state index contributed by atoms with van der Waals surface area (Å²) in [6, 6.07) is 8.06. The Bertz CT molecular complexity index is 732. The van der Waals surface area contributed by atoms with E-state index in [0.717, 1.165) is 41.3 Å². The Balaban J connectivity index is 1.91. The van der Waals surface area contributed by atoms with Gasteiger partial charge in [-0.3, -0.25) is 4.98 Å². The molecule has 0 radical (unpaired) electrons. The van der Waals surface area contributed by atoms with Gasteiger partial charge in [-0.2, -0.15) is 0 Å². The van der Waals surface area contributed by atoms with Gasteiger partial charge in [-0.1, -0.05) is 6.07 Å². The van der Waals surface area contributed by atoms with Gasteiger partial charge < -0.3 is 10.1 Å². The van der Waals surface area contributed by atoms with Crippen LogP contribution in [0.25, 0.3) is 21.7 Å². The monoisotopic (exact) mass is 326 g/mol. The number of ether oxygens (including phenoxy) is 1. The molecule has 1 N–H and O–H groups in total. The topological polar surface area (TPSA) is 59.9 Å². The summed E-state index contributed by atoms with van der Waals surface area (Å²) in [5.41, 5.74) is 3.02. The second-order valence-corrected chi connectivity index (χ2v) is 5.89. The lowest BCUT2D eigenvalue weighted by Crippen LogP contribution is -2.08. The summed E-state index contributed by atoms with van der Waals surface area (Å²) in [5, 5.41) is 5.31. The van der Waals surface area contributed by atoms with E-state index in [2.05, 4.69) is 26.7 Å². The number of anilines is 1. The van der Waals surface area contributed by atoms with Crippen molar-refractivity contribution in [2.75, 3.05) is 25.6 Å². The fourth-order valence-electron chi connectivity index (χ4n) is 2.23. The van der Waals surface area contributed by atoms with E-state index in [-0.39, 0.29) is 0 Å². The zero-order valence-corrected chi connectivity index (χ0v) is 13.7. The van der Waals surface area contributed by atoms with Gasteiger partial charge in [0.2, 0.25) is 5.95 Å². The first-order chi connectivity index (χ1) is 11.4. The summed E-state index contributed by atoms with van der Waals surface area (Å²) in [6.45, 7) is 1.51. The molecule has 3 rings (SSSR count). The fraction of sp³-hybridized carbons (Fsp3) is 0.235. The summed E-state index contributed by atoms with van der Waals surface area (Å²) in [7, 11) is 1.70. The number of methoxy groups -OCH3 is 1. The molecular weight excluding hydrogens is 308 g/mol. The molecule has 0 aromatic carbocycles. The van der Waals surface area contributed by atoms with Crippen LogP contribution in [0, 0.1) is 0 Å². The molecule has 0 unspecified atom stereocenters. The minimum Gasteiger partial charge on any atom is -0.385 e. The van der Waals surface area contributed by atoms with Crippen LogP contribution in [-0.4, -0.2) is 35.2 Å². The molecule has 0 spiro atoms. The second kappa shape index (κ2) is 7.80. The molecule has 0 saturated heterocycles. The molecule has 118 valence electrons. The molecule has 6 heteroatoms. The molecule has 0 fully saturated rings. The van der Waals surface area contributed by atoms with Crippen LogP contribution >= 0.6 is 11.3 Å². The van der Waals surface area contributed by atoms with E-state index in [1.165, 1.54) is 0 Å². The molecule has 3 heterocycles. The summed E-state index contributed by atoms with van der Waals surface area (Å²) >= 11 is 1.67. The summed E-state index contributed by atoms with van der Waals surface area (Å²) in [4.78, 5) is 14.4. The van der Waals surface area contributed by atoms with Crippen LogP contribution in [0.2, 0.25) is 0 Å². The number of rotatable bonds is 7. The van der Waals surface area contributed by atoms with E-state index in [1.54, 1.807) is 30.8 Å². The molecule has 5 nitrogen and oxygen atoms in total. The Kier molecular flexibility index (Phi) is 5.29. The van der Waals surface area contributed by atoms with Gasteiger partial charge in [0.1, 0.15) is 0 Å². The van der Waals surface area contributed by atoms with Crippen molar-refractivity contribution in [3.05, 3.63) is 48.2 Å². The molecule has 0 saturated carbocycles. The van der Waals surface area contributed by atoms with Crippen molar-refractivity contribution < 1.29 is 4.74 Å². The van der Waals surface area contributed by atoms with Crippen LogP contribution in [0.3, 0.4) is 0 Å². The molecule has 23 heavy (non-hydrogen) atoms. The summed E-state index contributed by atoms with van der Waals surface area (Å²) < 4.78 is 5.05. The van der Waals surface area contributed by atoms with Crippen molar-refractivity contribution in [2.24, 2.45) is 0 Å². The predicted octanol–water partition coefficient (Wildman–Crippen LogP) is 3.72. The van der Waals surface area contributed by atoms with E-state index in [9.17, 15) is 0 Å². The Morgan fingerprint density at radius 3 is 2.83 bits per heavy atom. The molecule has 3 aromatic rings. The van der Waals surface area contributed by atoms with Crippen LogP contribution in [0.1, 0.15) is 6.42 Å². The normalized spacial score (nSPS) is 10.7. The largest absolute Gasteiger partial charge is 0.385 e. The van der Waals surface area contributed by atoms with Crippen molar-refractivity contribution in [1.29, 1.82) is 0 Å². The Morgan fingerprint density at radius 2 is 2.09 bits per heavy atom. The highest BCUT2D eigenvalue weighted by molar-refractivity contribution is 7.13. The van der Waals surface area contributed by atoms with Crippen molar-refractivity contribution in [3.63, 3.8) is 0 Å². The second-order valence-electron chi connectivity index (χ2n) is 4.94. The standard InChI is InChI=1S/C17H18N4OS/c1-22-10-3-7-19-17-20-12-14(13-5-8-18-9-6-13)16(21-17)15-4-2-11-23-15/h2,4-6,8-9,11-12H,3,7,10H2,1H3,(H,19,20,21). The third-order valence-electron chi connectivity index (χ3n) is 3.34. The van der Waals surface area contributed by atoms with Gasteiger partial charge in [-0.25, -0.2) is 9.97 Å². The molecule has 0 aliphatic carbocycles. The van der Waals surface area contributed by atoms with Gasteiger partial charge in [-0.05, 0) is 35.6 Å². The first-order valence-electron chi connectivity index (χ1n) is 7.42. The Morgan fingerprint density at radius 1 is 1.22 bits per heavy atom. The van der Waals surface area contributed by atoms with E-state index in [1.807, 2.05) is 24.4 Å². The zero-order chi connectivity index (χ0) is 15.9. The SMILES string of the molecule is COCCCNc1ncc(-c2ccncc2)c(-c2cccs2)n1. The summed E-state index contributed by atoms with van der Waals surface area (Å²) in [6.07, 6.45) is 6.35. The molecule has 0 amide bonds. The van der Waals surface area contributed by atoms with E-state index < -0.39 is 0 Å². The van der Waals surface area contributed by atoms with Gasteiger partial charge in [-0.15, -0.1) is 11.3 Å². The highest BCUT2D eigenvalue weighted by Crippen LogP contribution is 2.33. The third kappa shape index (κ3) is 3.91. The lowest BCUT2D eigenvalue weighted by molar-refractivity contribution is 0.197. The smallest absolute Gasteiger partial charge is 0.223 e. The fourth-order valence-corrected chi connectivity index (χ4v) is 2.96. The molecule has 0 bridgehead atoms. The highest BCUT2D eigenvalue weighted by Gasteiger charge is 2.12. The van der Waals surface area contributed by atoms with E-state index in [0.29, 0.717) is 5.95 Å². The first kappa shape index (κ1) is 15.6. The Labute approximate surface area is 139 Å². The van der Waals surface area contributed by atoms with Gasteiger partial charge in [0.05, 0.1) is 10.6 Å². The lowest BCUT2D eigenvalue weighted by atomic mass is 10.1. The van der Waals surface area contributed by atoms with Gasteiger partial charge in [0.25, 0.3) is 0 Å². The van der Waals surface area contributed by atoms with Gasteiger partial charge in [0.15, 0.2) is 0 Å². The minimum absolute atomic E-state index is 0.641. The number of pyridine rings is 1. The van der Waals surface area contributed by atoms with Crippen molar-refractivity contribution in [2.45, 2.75) is 6.42 Å². The van der Waals surface area contributed by atoms with Crippen molar-refractivity contribution in [1.82, 2.24) is 15.0 Å². The molecule has 0 atom stereocenters. The number of hydrogen-bond acceptors (Lipinski definition) is 6. The molecule has 0 aliphatic rings. The first-order valence-corrected chi connectivity index (χ1v) is 8.30. The van der Waals surface area contributed by atoms with E-state index >= 15 is 0 Å². The van der Waals surface area contributed by atoms with Crippen molar-refractivity contribution in [3.8, 4) is 21.7 Å².